The molecule has 0 saturated carbocycles. The maximum atomic E-state index is 11.9. The van der Waals surface area contributed by atoms with Gasteiger partial charge in [0.1, 0.15) is 0 Å². The molecule has 2 aromatic rings. The Morgan fingerprint density at radius 1 is 1.48 bits per heavy atom. The van der Waals surface area contributed by atoms with Gasteiger partial charge in [-0.15, -0.1) is 0 Å². The maximum Gasteiger partial charge on any atom is 0.264 e. The van der Waals surface area contributed by atoms with E-state index in [9.17, 15) is 4.79 Å². The monoisotopic (exact) mass is 285 g/mol. The van der Waals surface area contributed by atoms with Crippen LogP contribution in [0.25, 0.3) is 10.9 Å². The summed E-state index contributed by atoms with van der Waals surface area (Å²) in [7, 11) is 0. The molecule has 1 atom stereocenters. The van der Waals surface area contributed by atoms with E-state index in [4.69, 9.17) is 4.84 Å². The number of nitrogens with zero attached hydrogens (tertiary/aromatic N) is 1. The molecule has 0 spiro atoms. The number of nitrogens with one attached hydrogen (secondary N) is 2. The van der Waals surface area contributed by atoms with E-state index in [0.29, 0.717) is 13.0 Å². The molecule has 0 fully saturated rings. The molecule has 3 rings (SSSR count). The number of para-hydroxylation sites is 1. The summed E-state index contributed by atoms with van der Waals surface area (Å²) in [6.07, 6.45) is 2.93. The highest BCUT2D eigenvalue weighted by molar-refractivity contribution is 5.91. The number of hydrogen-bond acceptors (Lipinski definition) is 3. The Bertz CT molecular complexity index is 703. The van der Waals surface area contributed by atoms with Crippen LogP contribution in [0.15, 0.2) is 29.6 Å². The van der Waals surface area contributed by atoms with E-state index in [2.05, 4.69) is 40.6 Å². The number of hydrogen-bond donors (Lipinski definition) is 2. The summed E-state index contributed by atoms with van der Waals surface area (Å²) in [6, 6.07) is 6.25. The predicted octanol–water partition coefficient (Wildman–Crippen LogP) is 2.30. The Balaban J connectivity index is 1.57. The molecule has 1 aliphatic rings. The van der Waals surface area contributed by atoms with Crippen molar-refractivity contribution in [3.63, 3.8) is 0 Å². The van der Waals surface area contributed by atoms with Crippen LogP contribution in [0.1, 0.15) is 24.5 Å². The Hall–Kier alpha value is -2.30. The molecule has 5 heteroatoms. The van der Waals surface area contributed by atoms with E-state index >= 15 is 0 Å². The fourth-order valence-corrected chi connectivity index (χ4v) is 2.64. The number of H-pyrrole nitrogens is 1. The van der Waals surface area contributed by atoms with Crippen molar-refractivity contribution in [2.24, 2.45) is 5.16 Å². The van der Waals surface area contributed by atoms with Crippen LogP contribution in [0.2, 0.25) is 0 Å². The van der Waals surface area contributed by atoms with Crippen LogP contribution < -0.4 is 5.32 Å². The highest BCUT2D eigenvalue weighted by Gasteiger charge is 2.25. The molecule has 2 N–H and O–H groups in total. The third-order valence-electron chi connectivity index (χ3n) is 3.81. The van der Waals surface area contributed by atoms with Crippen molar-refractivity contribution in [2.45, 2.75) is 32.8 Å². The largest absolute Gasteiger partial charge is 0.382 e. The zero-order chi connectivity index (χ0) is 14.8. The van der Waals surface area contributed by atoms with Gasteiger partial charge in [-0.2, -0.15) is 0 Å². The van der Waals surface area contributed by atoms with Gasteiger partial charge < -0.3 is 15.1 Å². The molecule has 1 aromatic carbocycles. The molecule has 1 aliphatic heterocycles. The van der Waals surface area contributed by atoms with Gasteiger partial charge in [0.25, 0.3) is 5.91 Å². The maximum absolute atomic E-state index is 11.9. The van der Waals surface area contributed by atoms with Crippen molar-refractivity contribution in [1.29, 1.82) is 0 Å². The van der Waals surface area contributed by atoms with Gasteiger partial charge in [0, 0.05) is 30.1 Å². The van der Waals surface area contributed by atoms with E-state index < -0.39 is 6.10 Å². The first-order valence-corrected chi connectivity index (χ1v) is 7.17. The van der Waals surface area contributed by atoms with Crippen LogP contribution in [0.5, 0.6) is 0 Å². The first kappa shape index (κ1) is 13.7. The van der Waals surface area contributed by atoms with Crippen LogP contribution in [-0.4, -0.2) is 29.3 Å². The van der Waals surface area contributed by atoms with Crippen molar-refractivity contribution in [3.05, 3.63) is 35.5 Å². The average Bonchev–Trinajstić information content (AvgIpc) is 3.07. The molecule has 1 unspecified atom stereocenters. The highest BCUT2D eigenvalue weighted by atomic mass is 16.6. The number of carbonyl (C=O) groups is 1. The average molecular weight is 285 g/mol. The Morgan fingerprint density at radius 3 is 3.10 bits per heavy atom. The van der Waals surface area contributed by atoms with E-state index in [1.54, 1.807) is 0 Å². The van der Waals surface area contributed by atoms with Crippen molar-refractivity contribution in [3.8, 4) is 0 Å². The number of benzene rings is 1. The molecule has 0 radical (unpaired) electrons. The van der Waals surface area contributed by atoms with Gasteiger partial charge in [-0.1, -0.05) is 23.4 Å². The minimum atomic E-state index is -0.463. The normalized spacial score (nSPS) is 17.6. The summed E-state index contributed by atoms with van der Waals surface area (Å²) in [4.78, 5) is 20.3. The standard InChI is InChI=1S/C16H19N3O2/c1-10-4-3-5-13-12(9-18-15(10)13)6-7-17-16(20)14-8-11(2)19-21-14/h3-5,9,14,18H,6-8H2,1-2H3,(H,17,20). The van der Waals surface area contributed by atoms with Crippen LogP contribution in [-0.2, 0) is 16.1 Å². The third kappa shape index (κ3) is 2.77. The van der Waals surface area contributed by atoms with E-state index in [1.165, 1.54) is 22.0 Å². The number of rotatable bonds is 4. The van der Waals surface area contributed by atoms with Crippen molar-refractivity contribution in [2.75, 3.05) is 6.54 Å². The second-order valence-electron chi connectivity index (χ2n) is 5.48. The van der Waals surface area contributed by atoms with Gasteiger partial charge in [0.15, 0.2) is 0 Å². The first-order valence-electron chi connectivity index (χ1n) is 7.17. The minimum absolute atomic E-state index is 0.0911. The Morgan fingerprint density at radius 2 is 2.33 bits per heavy atom. The van der Waals surface area contributed by atoms with Gasteiger partial charge >= 0.3 is 0 Å². The number of carbonyl (C=O) groups excluding carboxylic acids is 1. The fraction of sp³-hybridized carbons (Fsp3) is 0.375. The molecule has 2 heterocycles. The van der Waals surface area contributed by atoms with E-state index in [-0.39, 0.29) is 5.91 Å². The van der Waals surface area contributed by atoms with Crippen LogP contribution in [0.4, 0.5) is 0 Å². The van der Waals surface area contributed by atoms with Gasteiger partial charge in [0.05, 0.1) is 5.71 Å². The SMILES string of the molecule is CC1=NOC(C(=O)NCCc2c[nH]c3c(C)cccc23)C1. The number of amides is 1. The number of oxime groups is 1. The molecule has 1 aromatic heterocycles. The summed E-state index contributed by atoms with van der Waals surface area (Å²) < 4.78 is 0. The quantitative estimate of drug-likeness (QED) is 0.905. The third-order valence-corrected chi connectivity index (χ3v) is 3.81. The molecule has 1 amide bonds. The fourth-order valence-electron chi connectivity index (χ4n) is 2.64. The Labute approximate surface area is 123 Å². The van der Waals surface area contributed by atoms with Crippen LogP contribution >= 0.6 is 0 Å². The molecule has 0 bridgehead atoms. The lowest BCUT2D eigenvalue weighted by atomic mass is 10.1. The van der Waals surface area contributed by atoms with Crippen molar-refractivity contribution < 1.29 is 9.63 Å². The number of aromatic amines is 1. The van der Waals surface area contributed by atoms with Gasteiger partial charge in [0.2, 0.25) is 6.10 Å². The van der Waals surface area contributed by atoms with Gasteiger partial charge in [-0.25, -0.2) is 0 Å². The second kappa shape index (κ2) is 5.60. The van der Waals surface area contributed by atoms with Crippen molar-refractivity contribution in [1.82, 2.24) is 10.3 Å². The van der Waals surface area contributed by atoms with Crippen LogP contribution in [0, 0.1) is 6.92 Å². The number of aryl methyl sites for hydroxylation is 1. The first-order chi connectivity index (χ1) is 10.1. The molecule has 0 saturated heterocycles. The summed E-state index contributed by atoms with van der Waals surface area (Å²) in [5.74, 6) is -0.0911. The molecular formula is C16H19N3O2. The summed E-state index contributed by atoms with van der Waals surface area (Å²) in [6.45, 7) is 4.55. The lowest BCUT2D eigenvalue weighted by Crippen LogP contribution is -2.35. The highest BCUT2D eigenvalue weighted by Crippen LogP contribution is 2.21. The lowest BCUT2D eigenvalue weighted by Gasteiger charge is -2.09. The smallest absolute Gasteiger partial charge is 0.264 e. The molecule has 110 valence electrons. The summed E-state index contributed by atoms with van der Waals surface area (Å²) in [5, 5.41) is 7.93. The zero-order valence-corrected chi connectivity index (χ0v) is 12.3. The summed E-state index contributed by atoms with van der Waals surface area (Å²) >= 11 is 0. The number of aromatic nitrogens is 1. The Kier molecular flexibility index (Phi) is 3.64. The van der Waals surface area contributed by atoms with Gasteiger partial charge in [-0.3, -0.25) is 4.79 Å². The zero-order valence-electron chi connectivity index (χ0n) is 12.3. The van der Waals surface area contributed by atoms with Crippen molar-refractivity contribution >= 4 is 22.5 Å². The molecule has 21 heavy (non-hydrogen) atoms. The predicted molar refractivity (Wildman–Crippen MR) is 82.3 cm³/mol. The topological polar surface area (TPSA) is 66.5 Å². The minimum Gasteiger partial charge on any atom is -0.382 e. The summed E-state index contributed by atoms with van der Waals surface area (Å²) in [5.41, 5.74) is 4.48. The number of fused-ring (bicyclic) bond motifs is 1. The van der Waals surface area contributed by atoms with Crippen LogP contribution in [0.3, 0.4) is 0 Å². The van der Waals surface area contributed by atoms with Gasteiger partial charge in [-0.05, 0) is 31.4 Å². The molecular weight excluding hydrogens is 266 g/mol. The molecule has 0 aliphatic carbocycles. The lowest BCUT2D eigenvalue weighted by molar-refractivity contribution is -0.131. The second-order valence-corrected chi connectivity index (χ2v) is 5.48. The molecule has 5 nitrogen and oxygen atoms in total. The van der Waals surface area contributed by atoms with E-state index in [1.807, 2.05) is 13.1 Å². The van der Waals surface area contributed by atoms with E-state index in [0.717, 1.165) is 12.1 Å².